The predicted octanol–water partition coefficient (Wildman–Crippen LogP) is 6.67. The Balaban J connectivity index is 2.19. The van der Waals surface area contributed by atoms with E-state index >= 15 is 0 Å². The summed E-state index contributed by atoms with van der Waals surface area (Å²) in [5.41, 5.74) is -14.4. The number of hydrogen-bond donors (Lipinski definition) is 1. The summed E-state index contributed by atoms with van der Waals surface area (Å²) in [5.74, 6) is -1.19. The van der Waals surface area contributed by atoms with Crippen LogP contribution in [0, 0.1) is 8.78 Å². The molecule has 1 aromatic heterocycles. The number of carbonyl (C=O) groups excluding carboxylic acids is 1. The topological polar surface area (TPSA) is 79.1 Å². The molecule has 0 saturated heterocycles. The maximum atomic E-state index is 14.9. The Morgan fingerprint density at radius 2 is 1.62 bits per heavy atom. The largest absolute Gasteiger partial charge is 0.618 e. The fraction of sp³-hybridized carbons (Fsp3) is 0.200. The van der Waals surface area contributed by atoms with Gasteiger partial charge in [0.1, 0.15) is 16.9 Å². The number of aromatic nitrogens is 1. The Morgan fingerprint density at radius 1 is 1.00 bits per heavy atom. The quantitative estimate of drug-likeness (QED) is 0.0795. The highest BCUT2D eigenvalue weighted by atomic mass is 127. The van der Waals surface area contributed by atoms with E-state index < -0.39 is 59.0 Å². The lowest BCUT2D eigenvalue weighted by molar-refractivity contribution is -0.577. The molecular formula is C20H9BrF9IN2O3S. The number of rotatable bonds is 5. The summed E-state index contributed by atoms with van der Waals surface area (Å²) in [5, 5.41) is 14.3. The number of carbonyl (C=O) groups is 1. The summed E-state index contributed by atoms with van der Waals surface area (Å²) < 4.78 is 134. The molecule has 2 unspecified atom stereocenters. The highest BCUT2D eigenvalue weighted by molar-refractivity contribution is 14.1. The maximum Gasteiger partial charge on any atom is 0.578 e. The van der Waals surface area contributed by atoms with Gasteiger partial charge in [0.25, 0.3) is 5.91 Å². The molecule has 2 atom stereocenters. The van der Waals surface area contributed by atoms with Gasteiger partial charge in [-0.1, -0.05) is 0 Å². The molecule has 5 nitrogen and oxygen atoms in total. The minimum atomic E-state index is -6.33. The zero-order valence-electron chi connectivity index (χ0n) is 17.4. The first-order chi connectivity index (χ1) is 16.8. The lowest BCUT2D eigenvalue weighted by Crippen LogP contribution is -2.49. The Kier molecular flexibility index (Phi) is 7.96. The van der Waals surface area contributed by atoms with Gasteiger partial charge in [-0.3, -0.25) is 4.79 Å². The van der Waals surface area contributed by atoms with Gasteiger partial charge >= 0.3 is 22.2 Å². The highest BCUT2D eigenvalue weighted by Gasteiger charge is 2.71. The van der Waals surface area contributed by atoms with E-state index in [9.17, 15) is 54.1 Å². The van der Waals surface area contributed by atoms with E-state index in [2.05, 4.69) is 0 Å². The van der Waals surface area contributed by atoms with Crippen LogP contribution in [-0.2, 0) is 16.8 Å². The fourth-order valence-electron chi connectivity index (χ4n) is 3.17. The molecule has 0 fully saturated rings. The lowest BCUT2D eigenvalue weighted by Gasteiger charge is -2.32. The number of benzene rings is 2. The van der Waals surface area contributed by atoms with Gasteiger partial charge in [-0.05, 0) is 62.8 Å². The molecule has 200 valence electrons. The van der Waals surface area contributed by atoms with Crippen molar-refractivity contribution in [2.45, 2.75) is 27.1 Å². The van der Waals surface area contributed by atoms with Gasteiger partial charge < -0.3 is 15.1 Å². The smallest absolute Gasteiger partial charge is 0.578 e. The zero-order chi connectivity index (χ0) is 28.1. The lowest BCUT2D eigenvalue weighted by atomic mass is 9.95. The number of hydrogen-bond acceptors (Lipinski definition) is 3. The summed E-state index contributed by atoms with van der Waals surface area (Å²) in [6.07, 6.45) is -5.23. The Bertz CT molecular complexity index is 1350. The number of anilines is 1. The summed E-state index contributed by atoms with van der Waals surface area (Å²) >= 11 is -1.82. The second kappa shape index (κ2) is 9.96. The SMILES string of the molecule is O=C(Nc1c(I)cc(C(F)(C(F)(F)F)C(F)(F)Br)cc1[S+]([O-])C(F)(F)F)c1ccc2ccc[n+]([O-])c2c1. The Hall–Kier alpha value is -1.99. The van der Waals surface area contributed by atoms with Crippen molar-refractivity contribution in [1.82, 2.24) is 0 Å². The van der Waals surface area contributed by atoms with E-state index in [0.717, 1.165) is 34.9 Å². The number of nitrogens with zero attached hydrogens (tertiary/aromatic N) is 1. The van der Waals surface area contributed by atoms with Crippen LogP contribution in [0.25, 0.3) is 10.9 Å². The van der Waals surface area contributed by atoms with E-state index in [1.54, 1.807) is 0 Å². The molecule has 1 heterocycles. The third kappa shape index (κ3) is 5.58. The van der Waals surface area contributed by atoms with Crippen LogP contribution in [0.2, 0.25) is 0 Å². The predicted molar refractivity (Wildman–Crippen MR) is 125 cm³/mol. The van der Waals surface area contributed by atoms with Gasteiger partial charge in [-0.15, -0.1) is 13.2 Å². The van der Waals surface area contributed by atoms with Gasteiger partial charge in [-0.25, -0.2) is 4.39 Å². The number of pyridine rings is 1. The molecule has 0 saturated carbocycles. The molecule has 0 spiro atoms. The molecule has 3 aromatic rings. The second-order valence-corrected chi connectivity index (χ2v) is 10.9. The van der Waals surface area contributed by atoms with Gasteiger partial charge in [0.05, 0.1) is 0 Å². The minimum Gasteiger partial charge on any atom is -0.618 e. The zero-order valence-corrected chi connectivity index (χ0v) is 21.9. The number of alkyl halides is 10. The molecule has 0 radical (unpaired) electrons. The van der Waals surface area contributed by atoms with Gasteiger partial charge in [0, 0.05) is 38.3 Å². The van der Waals surface area contributed by atoms with Crippen LogP contribution in [0.3, 0.4) is 0 Å². The molecule has 0 bridgehead atoms. The first-order valence-corrected chi connectivity index (χ1v) is 12.4. The molecule has 0 aliphatic rings. The number of nitrogens with one attached hydrogen (secondary N) is 1. The van der Waals surface area contributed by atoms with Crippen molar-refractivity contribution >= 4 is 72.2 Å². The summed E-state index contributed by atoms with van der Waals surface area (Å²) in [6, 6.07) is 6.31. The average Bonchev–Trinajstić information content (AvgIpc) is 2.77. The second-order valence-electron chi connectivity index (χ2n) is 7.26. The van der Waals surface area contributed by atoms with Crippen LogP contribution < -0.4 is 10.0 Å². The van der Waals surface area contributed by atoms with Crippen molar-refractivity contribution in [2.75, 3.05) is 5.32 Å². The molecule has 1 N–H and O–H groups in total. The number of amides is 1. The third-order valence-corrected chi connectivity index (χ3v) is 7.45. The summed E-state index contributed by atoms with van der Waals surface area (Å²) in [6.45, 7) is 0. The van der Waals surface area contributed by atoms with Gasteiger partial charge in [0.15, 0.2) is 11.1 Å². The molecule has 0 aliphatic carbocycles. The van der Waals surface area contributed by atoms with Gasteiger partial charge in [-0.2, -0.15) is 26.7 Å². The standard InChI is InChI=1S/C20H9BrF9IN2O3S/c21-18(23,24)17(22,19(25,26)27)11-7-12(31)15(14(8-11)37(36)20(28,29)30)32-16(34)10-4-3-9-2-1-5-33(35)13(9)6-10/h1-8H,(H,32,34). The monoisotopic (exact) mass is 734 g/mol. The summed E-state index contributed by atoms with van der Waals surface area (Å²) in [7, 11) is 0. The van der Waals surface area contributed by atoms with E-state index in [4.69, 9.17) is 0 Å². The first-order valence-electron chi connectivity index (χ1n) is 9.37. The maximum absolute atomic E-state index is 14.9. The molecular weight excluding hydrogens is 726 g/mol. The Morgan fingerprint density at radius 3 is 2.16 bits per heavy atom. The number of fused-ring (bicyclic) bond motifs is 1. The van der Waals surface area contributed by atoms with Crippen LogP contribution in [0.1, 0.15) is 15.9 Å². The van der Waals surface area contributed by atoms with Crippen molar-refractivity contribution in [2.24, 2.45) is 0 Å². The van der Waals surface area contributed by atoms with Crippen LogP contribution in [-0.4, -0.2) is 27.0 Å². The van der Waals surface area contributed by atoms with Crippen molar-refractivity contribution in [3.8, 4) is 0 Å². The van der Waals surface area contributed by atoms with Crippen molar-refractivity contribution in [3.63, 3.8) is 0 Å². The van der Waals surface area contributed by atoms with Crippen LogP contribution >= 0.6 is 38.5 Å². The third-order valence-electron chi connectivity index (χ3n) is 4.91. The van der Waals surface area contributed by atoms with E-state index in [1.165, 1.54) is 40.2 Å². The summed E-state index contributed by atoms with van der Waals surface area (Å²) in [4.78, 5) is 5.81. The van der Waals surface area contributed by atoms with E-state index in [0.29, 0.717) is 10.1 Å². The van der Waals surface area contributed by atoms with Crippen molar-refractivity contribution < 1.29 is 53.6 Å². The van der Waals surface area contributed by atoms with Gasteiger partial charge in [0.2, 0.25) is 5.52 Å². The number of halogens is 11. The average molecular weight is 735 g/mol. The highest BCUT2D eigenvalue weighted by Crippen LogP contribution is 2.56. The molecule has 0 aliphatic heterocycles. The van der Waals surface area contributed by atoms with E-state index in [-0.39, 0.29) is 23.2 Å². The van der Waals surface area contributed by atoms with Crippen LogP contribution in [0.5, 0.6) is 0 Å². The van der Waals surface area contributed by atoms with Crippen molar-refractivity contribution in [1.29, 1.82) is 0 Å². The van der Waals surface area contributed by atoms with Crippen LogP contribution in [0.15, 0.2) is 53.6 Å². The molecule has 1 amide bonds. The first kappa shape index (κ1) is 29.6. The Labute approximate surface area is 226 Å². The van der Waals surface area contributed by atoms with Crippen LogP contribution in [0.4, 0.5) is 45.2 Å². The fourth-order valence-corrected chi connectivity index (χ4v) is 5.40. The molecule has 17 heteroatoms. The molecule has 2 aromatic carbocycles. The van der Waals surface area contributed by atoms with Crippen molar-refractivity contribution in [3.05, 3.63) is 68.6 Å². The molecule has 37 heavy (non-hydrogen) atoms. The van der Waals surface area contributed by atoms with E-state index in [1.807, 2.05) is 5.32 Å². The molecule has 3 rings (SSSR count). The minimum absolute atomic E-state index is 0.0220. The normalized spacial score (nSPS) is 15.4.